The topological polar surface area (TPSA) is 84.1 Å². The highest BCUT2D eigenvalue weighted by atomic mass is 16.2. The highest BCUT2D eigenvalue weighted by Crippen LogP contribution is 2.18. The van der Waals surface area contributed by atoms with Gasteiger partial charge in [0.1, 0.15) is 11.5 Å². The Kier molecular flexibility index (Phi) is 6.86. The van der Waals surface area contributed by atoms with E-state index < -0.39 is 11.2 Å². The lowest BCUT2D eigenvalue weighted by atomic mass is 10.1. The number of hydrogen-bond donors (Lipinski definition) is 2. The average Bonchev–Trinajstić information content (AvgIpc) is 2.60. The summed E-state index contributed by atoms with van der Waals surface area (Å²) in [4.78, 5) is 28.9. The number of nitrogen functional groups attached to an aromatic ring is 1. The lowest BCUT2D eigenvalue weighted by molar-refractivity contribution is 0.601. The summed E-state index contributed by atoms with van der Waals surface area (Å²) in [6.45, 7) is 6.02. The van der Waals surface area contributed by atoms with Gasteiger partial charge in [-0.05, 0) is 24.8 Å². The number of H-pyrrole nitrogens is 1. The standard InChI is InChI=1S/C19H28N4O2/c1-3-5-13-23-17(20)16(18(24)21-19(23)25)22(12-4-2)14-11-15-9-7-6-8-10-15/h6-10H,3-5,11-14,20H2,1-2H3,(H,21,24,25). The molecular formula is C19H28N4O2. The van der Waals surface area contributed by atoms with E-state index in [4.69, 9.17) is 5.73 Å². The van der Waals surface area contributed by atoms with Gasteiger partial charge in [0.25, 0.3) is 5.56 Å². The van der Waals surface area contributed by atoms with E-state index in [0.717, 1.165) is 25.7 Å². The molecule has 0 saturated carbocycles. The maximum absolute atomic E-state index is 12.4. The molecule has 6 nitrogen and oxygen atoms in total. The Hall–Kier alpha value is -2.50. The van der Waals surface area contributed by atoms with Crippen LogP contribution in [0.4, 0.5) is 11.5 Å². The zero-order valence-corrected chi connectivity index (χ0v) is 15.1. The fourth-order valence-corrected chi connectivity index (χ4v) is 2.94. The number of hydrogen-bond acceptors (Lipinski definition) is 4. The molecule has 136 valence electrons. The number of nitrogens with two attached hydrogens (primary N) is 1. The molecule has 0 spiro atoms. The molecule has 0 unspecified atom stereocenters. The summed E-state index contributed by atoms with van der Waals surface area (Å²) in [7, 11) is 0. The van der Waals surface area contributed by atoms with Crippen molar-refractivity contribution in [2.24, 2.45) is 0 Å². The first kappa shape index (κ1) is 18.8. The Balaban J connectivity index is 2.33. The monoisotopic (exact) mass is 344 g/mol. The molecule has 0 radical (unpaired) electrons. The zero-order valence-electron chi connectivity index (χ0n) is 15.1. The van der Waals surface area contributed by atoms with Crippen LogP contribution < -0.4 is 21.9 Å². The average molecular weight is 344 g/mol. The molecule has 1 aromatic heterocycles. The van der Waals surface area contributed by atoms with Crippen LogP contribution in [0.25, 0.3) is 0 Å². The van der Waals surface area contributed by atoms with E-state index in [-0.39, 0.29) is 5.82 Å². The number of anilines is 2. The summed E-state index contributed by atoms with van der Waals surface area (Å²) in [5, 5.41) is 0. The van der Waals surface area contributed by atoms with Crippen LogP contribution in [0.15, 0.2) is 39.9 Å². The summed E-state index contributed by atoms with van der Waals surface area (Å²) in [6, 6.07) is 10.1. The third-order valence-corrected chi connectivity index (χ3v) is 4.27. The first-order chi connectivity index (χ1) is 12.1. The molecule has 0 bridgehead atoms. The van der Waals surface area contributed by atoms with Crippen LogP contribution in [0.3, 0.4) is 0 Å². The van der Waals surface area contributed by atoms with Gasteiger partial charge in [-0.1, -0.05) is 50.6 Å². The SMILES string of the molecule is CCCCn1c(N)c(N(CCC)CCc2ccccc2)c(=O)[nH]c1=O. The number of aromatic amines is 1. The van der Waals surface area contributed by atoms with Crippen LogP contribution in [0.1, 0.15) is 38.7 Å². The van der Waals surface area contributed by atoms with Crippen LogP contribution >= 0.6 is 0 Å². The second kappa shape index (κ2) is 9.11. The number of unbranched alkanes of at least 4 members (excludes halogenated alkanes) is 1. The minimum absolute atomic E-state index is 0.267. The van der Waals surface area contributed by atoms with Gasteiger partial charge < -0.3 is 10.6 Å². The molecule has 1 aromatic carbocycles. The second-order valence-corrected chi connectivity index (χ2v) is 6.22. The van der Waals surface area contributed by atoms with Crippen LogP contribution in [0, 0.1) is 0 Å². The van der Waals surface area contributed by atoms with Crippen molar-refractivity contribution in [3.63, 3.8) is 0 Å². The first-order valence-corrected chi connectivity index (χ1v) is 8.99. The largest absolute Gasteiger partial charge is 0.383 e. The summed E-state index contributed by atoms with van der Waals surface area (Å²) in [6.07, 6.45) is 3.50. The van der Waals surface area contributed by atoms with Crippen molar-refractivity contribution in [2.45, 2.75) is 46.1 Å². The molecular weight excluding hydrogens is 316 g/mol. The van der Waals surface area contributed by atoms with E-state index in [1.54, 1.807) is 0 Å². The lowest BCUT2D eigenvalue weighted by Gasteiger charge is -2.26. The van der Waals surface area contributed by atoms with E-state index >= 15 is 0 Å². The predicted molar refractivity (Wildman–Crippen MR) is 103 cm³/mol. The quantitative estimate of drug-likeness (QED) is 0.731. The van der Waals surface area contributed by atoms with Crippen molar-refractivity contribution in [1.82, 2.24) is 9.55 Å². The Morgan fingerprint density at radius 1 is 1.08 bits per heavy atom. The molecule has 0 aliphatic rings. The van der Waals surface area contributed by atoms with Gasteiger partial charge in [0.05, 0.1) is 0 Å². The third kappa shape index (κ3) is 4.75. The Bertz CT molecular complexity index is 780. The van der Waals surface area contributed by atoms with Gasteiger partial charge in [-0.2, -0.15) is 0 Å². The van der Waals surface area contributed by atoms with E-state index in [1.165, 1.54) is 10.1 Å². The number of benzene rings is 1. The highest BCUT2D eigenvalue weighted by molar-refractivity contribution is 5.62. The van der Waals surface area contributed by atoms with Gasteiger partial charge >= 0.3 is 5.69 Å². The summed E-state index contributed by atoms with van der Waals surface area (Å²) < 4.78 is 1.48. The molecule has 0 aliphatic carbocycles. The number of aromatic nitrogens is 2. The number of nitrogens with zero attached hydrogens (tertiary/aromatic N) is 2. The van der Waals surface area contributed by atoms with Crippen molar-refractivity contribution >= 4 is 11.5 Å². The van der Waals surface area contributed by atoms with Gasteiger partial charge in [-0.15, -0.1) is 0 Å². The van der Waals surface area contributed by atoms with Crippen LogP contribution in [-0.4, -0.2) is 22.6 Å². The van der Waals surface area contributed by atoms with Crippen LogP contribution in [0.2, 0.25) is 0 Å². The van der Waals surface area contributed by atoms with E-state index in [2.05, 4.69) is 31.0 Å². The molecule has 0 fully saturated rings. The molecule has 25 heavy (non-hydrogen) atoms. The molecule has 3 N–H and O–H groups in total. The van der Waals surface area contributed by atoms with Gasteiger partial charge in [0, 0.05) is 19.6 Å². The normalized spacial score (nSPS) is 10.8. The maximum atomic E-state index is 12.4. The highest BCUT2D eigenvalue weighted by Gasteiger charge is 2.18. The van der Waals surface area contributed by atoms with Crippen molar-refractivity contribution in [2.75, 3.05) is 23.7 Å². The van der Waals surface area contributed by atoms with Crippen molar-refractivity contribution < 1.29 is 0 Å². The first-order valence-electron chi connectivity index (χ1n) is 8.99. The molecule has 0 aliphatic heterocycles. The summed E-state index contributed by atoms with van der Waals surface area (Å²) in [5.41, 5.74) is 7.01. The molecule has 0 saturated heterocycles. The predicted octanol–water partition coefficient (Wildman–Crippen LogP) is 2.38. The molecule has 0 amide bonds. The van der Waals surface area contributed by atoms with Crippen LogP contribution in [0.5, 0.6) is 0 Å². The molecule has 2 aromatic rings. The zero-order chi connectivity index (χ0) is 18.2. The minimum atomic E-state index is -0.431. The fourth-order valence-electron chi connectivity index (χ4n) is 2.94. The van der Waals surface area contributed by atoms with Gasteiger partial charge in [0.15, 0.2) is 0 Å². The van der Waals surface area contributed by atoms with Crippen molar-refractivity contribution in [3.05, 3.63) is 56.7 Å². The number of rotatable bonds is 9. The molecule has 6 heteroatoms. The van der Waals surface area contributed by atoms with E-state index in [1.807, 2.05) is 23.1 Å². The van der Waals surface area contributed by atoms with Crippen molar-refractivity contribution in [3.8, 4) is 0 Å². The van der Waals surface area contributed by atoms with Gasteiger partial charge in [0.2, 0.25) is 0 Å². The van der Waals surface area contributed by atoms with Crippen molar-refractivity contribution in [1.29, 1.82) is 0 Å². The molecule has 1 heterocycles. The fraction of sp³-hybridized carbons (Fsp3) is 0.474. The summed E-state index contributed by atoms with van der Waals surface area (Å²) in [5.74, 6) is 0.267. The second-order valence-electron chi connectivity index (χ2n) is 6.22. The lowest BCUT2D eigenvalue weighted by Crippen LogP contribution is -2.39. The number of nitrogens with one attached hydrogen (secondary N) is 1. The van der Waals surface area contributed by atoms with Gasteiger partial charge in [-0.3, -0.25) is 14.3 Å². The van der Waals surface area contributed by atoms with E-state index in [0.29, 0.717) is 25.3 Å². The maximum Gasteiger partial charge on any atom is 0.330 e. The third-order valence-electron chi connectivity index (χ3n) is 4.27. The Morgan fingerprint density at radius 2 is 1.80 bits per heavy atom. The van der Waals surface area contributed by atoms with Gasteiger partial charge in [-0.25, -0.2) is 4.79 Å². The molecule has 2 rings (SSSR count). The Morgan fingerprint density at radius 3 is 2.44 bits per heavy atom. The van der Waals surface area contributed by atoms with E-state index in [9.17, 15) is 9.59 Å². The minimum Gasteiger partial charge on any atom is -0.383 e. The Labute approximate surface area is 148 Å². The summed E-state index contributed by atoms with van der Waals surface area (Å²) >= 11 is 0. The molecule has 0 atom stereocenters. The van der Waals surface area contributed by atoms with Crippen LogP contribution in [-0.2, 0) is 13.0 Å². The smallest absolute Gasteiger partial charge is 0.330 e.